The van der Waals surface area contributed by atoms with Gasteiger partial charge in [0.15, 0.2) is 0 Å². The molecule has 2 aliphatic rings. The molecule has 0 spiro atoms. The number of aromatic nitrogens is 2. The van der Waals surface area contributed by atoms with E-state index in [2.05, 4.69) is 4.98 Å². The number of hydrogen-bond donors (Lipinski definition) is 1. The molecule has 2 fully saturated rings. The van der Waals surface area contributed by atoms with Gasteiger partial charge in [-0.05, 0) is 43.7 Å². The van der Waals surface area contributed by atoms with Crippen LogP contribution in [0.4, 0.5) is 0 Å². The normalized spacial score (nSPS) is 21.8. The number of para-hydroxylation sites is 1. The number of nitrogens with zero attached hydrogens (tertiary/aromatic N) is 3. The molecule has 2 amide bonds. The SMILES string of the molecule is CC(C)C(=O)N1CCN(C(=O)C2CCC(Cn3c(=O)[nH]c4ccccc4c3=O)CC2)CC1. The molecule has 8 nitrogen and oxygen atoms in total. The van der Waals surface area contributed by atoms with Crippen molar-refractivity contribution in [3.63, 3.8) is 0 Å². The van der Waals surface area contributed by atoms with Gasteiger partial charge >= 0.3 is 5.69 Å². The van der Waals surface area contributed by atoms with Crippen LogP contribution < -0.4 is 11.2 Å². The van der Waals surface area contributed by atoms with E-state index in [0.717, 1.165) is 25.7 Å². The van der Waals surface area contributed by atoms with Gasteiger partial charge in [-0.3, -0.25) is 19.0 Å². The number of piperazine rings is 1. The fourth-order valence-electron chi connectivity index (χ4n) is 4.99. The minimum atomic E-state index is -0.374. The van der Waals surface area contributed by atoms with Crippen LogP contribution in [0.15, 0.2) is 33.9 Å². The van der Waals surface area contributed by atoms with Crippen molar-refractivity contribution in [1.29, 1.82) is 0 Å². The molecule has 4 rings (SSSR count). The second-order valence-corrected chi connectivity index (χ2v) is 9.41. The van der Waals surface area contributed by atoms with Crippen molar-refractivity contribution < 1.29 is 9.59 Å². The van der Waals surface area contributed by atoms with Gasteiger partial charge in [-0.25, -0.2) is 4.79 Å². The zero-order chi connectivity index (χ0) is 22.8. The fourth-order valence-corrected chi connectivity index (χ4v) is 4.99. The quantitative estimate of drug-likeness (QED) is 0.785. The summed E-state index contributed by atoms with van der Waals surface area (Å²) in [5, 5.41) is 0.519. The third kappa shape index (κ3) is 4.49. The predicted octanol–water partition coefficient (Wildman–Crippen LogP) is 1.82. The van der Waals surface area contributed by atoms with E-state index in [1.54, 1.807) is 24.3 Å². The number of amides is 2. The van der Waals surface area contributed by atoms with Gasteiger partial charge in [-0.15, -0.1) is 0 Å². The predicted molar refractivity (Wildman–Crippen MR) is 122 cm³/mol. The molecule has 2 heterocycles. The Labute approximate surface area is 187 Å². The molecule has 172 valence electrons. The fraction of sp³-hybridized carbons (Fsp3) is 0.583. The van der Waals surface area contributed by atoms with Gasteiger partial charge in [0.05, 0.1) is 10.9 Å². The van der Waals surface area contributed by atoms with Crippen molar-refractivity contribution in [3.8, 4) is 0 Å². The first-order chi connectivity index (χ1) is 15.3. The summed E-state index contributed by atoms with van der Waals surface area (Å²) < 4.78 is 1.31. The second-order valence-electron chi connectivity index (χ2n) is 9.41. The zero-order valence-electron chi connectivity index (χ0n) is 18.9. The lowest BCUT2D eigenvalue weighted by molar-refractivity contribution is -0.144. The smallest absolute Gasteiger partial charge is 0.328 e. The van der Waals surface area contributed by atoms with Gasteiger partial charge < -0.3 is 14.8 Å². The van der Waals surface area contributed by atoms with E-state index < -0.39 is 0 Å². The van der Waals surface area contributed by atoms with Crippen LogP contribution in [0.5, 0.6) is 0 Å². The van der Waals surface area contributed by atoms with Crippen LogP contribution in [0.2, 0.25) is 0 Å². The molecule has 8 heteroatoms. The van der Waals surface area contributed by atoms with Crippen LogP contribution in [0.25, 0.3) is 10.9 Å². The highest BCUT2D eigenvalue weighted by Crippen LogP contribution is 2.31. The first kappa shape index (κ1) is 22.3. The molecule has 0 radical (unpaired) electrons. The molecule has 2 aromatic rings. The van der Waals surface area contributed by atoms with E-state index in [1.165, 1.54) is 4.57 Å². The van der Waals surface area contributed by atoms with Gasteiger partial charge in [-0.2, -0.15) is 0 Å². The number of rotatable bonds is 4. The second kappa shape index (κ2) is 9.30. The molecule has 0 unspecified atom stereocenters. The monoisotopic (exact) mass is 440 g/mol. The molecule has 1 saturated carbocycles. The maximum Gasteiger partial charge on any atom is 0.328 e. The minimum Gasteiger partial charge on any atom is -0.339 e. The van der Waals surface area contributed by atoms with Crippen molar-refractivity contribution in [2.24, 2.45) is 17.8 Å². The van der Waals surface area contributed by atoms with Gasteiger partial charge in [0.2, 0.25) is 11.8 Å². The summed E-state index contributed by atoms with van der Waals surface area (Å²) in [6.07, 6.45) is 3.19. The van der Waals surface area contributed by atoms with Crippen LogP contribution in [-0.4, -0.2) is 57.3 Å². The van der Waals surface area contributed by atoms with E-state index in [9.17, 15) is 19.2 Å². The molecule has 0 atom stereocenters. The Kier molecular flexibility index (Phi) is 6.48. The average Bonchev–Trinajstić information content (AvgIpc) is 2.81. The summed E-state index contributed by atoms with van der Waals surface area (Å²) in [7, 11) is 0. The molecule has 1 saturated heterocycles. The molecule has 32 heavy (non-hydrogen) atoms. The summed E-state index contributed by atoms with van der Waals surface area (Å²) in [5.74, 6) is 0.511. The summed E-state index contributed by atoms with van der Waals surface area (Å²) in [5.41, 5.74) is -0.0691. The van der Waals surface area contributed by atoms with Crippen molar-refractivity contribution in [2.75, 3.05) is 26.2 Å². The van der Waals surface area contributed by atoms with Gasteiger partial charge in [0, 0.05) is 44.6 Å². The minimum absolute atomic E-state index is 0.00906. The molecule has 1 aromatic heterocycles. The molecule has 1 aliphatic carbocycles. The molecule has 0 bridgehead atoms. The van der Waals surface area contributed by atoms with Crippen LogP contribution >= 0.6 is 0 Å². The van der Waals surface area contributed by atoms with Crippen molar-refractivity contribution in [3.05, 3.63) is 45.1 Å². The van der Waals surface area contributed by atoms with Gasteiger partial charge in [0.25, 0.3) is 5.56 Å². The average molecular weight is 441 g/mol. The van der Waals surface area contributed by atoms with E-state index in [4.69, 9.17) is 0 Å². The number of carbonyl (C=O) groups is 2. The third-order valence-electron chi connectivity index (χ3n) is 6.92. The number of hydrogen-bond acceptors (Lipinski definition) is 4. The van der Waals surface area contributed by atoms with E-state index in [-0.39, 0.29) is 40.8 Å². The zero-order valence-corrected chi connectivity index (χ0v) is 18.9. The summed E-state index contributed by atoms with van der Waals surface area (Å²) in [6, 6.07) is 7.05. The first-order valence-corrected chi connectivity index (χ1v) is 11.6. The van der Waals surface area contributed by atoms with Crippen LogP contribution in [0.3, 0.4) is 0 Å². The highest BCUT2D eigenvalue weighted by Gasteiger charge is 2.32. The highest BCUT2D eigenvalue weighted by molar-refractivity contribution is 5.81. The third-order valence-corrected chi connectivity index (χ3v) is 6.92. The molecule has 1 N–H and O–H groups in total. The summed E-state index contributed by atoms with van der Waals surface area (Å²) >= 11 is 0. The maximum atomic E-state index is 13.0. The standard InChI is InChI=1S/C24H32N4O4/c1-16(2)21(29)26-11-13-27(14-12-26)22(30)18-9-7-17(8-10-18)15-28-23(31)19-5-3-4-6-20(19)25-24(28)32/h3-6,16-18H,7-15H2,1-2H3,(H,25,32). The van der Waals surface area contributed by atoms with E-state index in [1.807, 2.05) is 23.6 Å². The largest absolute Gasteiger partial charge is 0.339 e. The number of aromatic amines is 1. The van der Waals surface area contributed by atoms with Gasteiger partial charge in [0.1, 0.15) is 0 Å². The number of carbonyl (C=O) groups excluding carboxylic acids is 2. The number of H-pyrrole nitrogens is 1. The van der Waals surface area contributed by atoms with Crippen molar-refractivity contribution in [2.45, 2.75) is 46.1 Å². The summed E-state index contributed by atoms with van der Waals surface area (Å²) in [4.78, 5) is 56.9. The number of benzene rings is 1. The summed E-state index contributed by atoms with van der Waals surface area (Å²) in [6.45, 7) is 6.59. The Bertz CT molecular complexity index is 1100. The lowest BCUT2D eigenvalue weighted by Crippen LogP contribution is -2.53. The van der Waals surface area contributed by atoms with Crippen molar-refractivity contribution in [1.82, 2.24) is 19.4 Å². The van der Waals surface area contributed by atoms with Gasteiger partial charge in [-0.1, -0.05) is 26.0 Å². The molecular weight excluding hydrogens is 408 g/mol. The number of fused-ring (bicyclic) bond motifs is 1. The Balaban J connectivity index is 1.33. The molecular formula is C24H32N4O4. The Hall–Kier alpha value is -2.90. The van der Waals surface area contributed by atoms with Crippen molar-refractivity contribution >= 4 is 22.7 Å². The Morgan fingerprint density at radius 3 is 2.25 bits per heavy atom. The lowest BCUT2D eigenvalue weighted by atomic mass is 9.81. The topological polar surface area (TPSA) is 95.5 Å². The van der Waals surface area contributed by atoms with E-state index >= 15 is 0 Å². The highest BCUT2D eigenvalue weighted by atomic mass is 16.2. The molecule has 1 aliphatic heterocycles. The lowest BCUT2D eigenvalue weighted by Gasteiger charge is -2.38. The molecule has 1 aromatic carbocycles. The van der Waals surface area contributed by atoms with E-state index in [0.29, 0.717) is 43.6 Å². The van der Waals surface area contributed by atoms with Crippen LogP contribution in [0.1, 0.15) is 39.5 Å². The Morgan fingerprint density at radius 2 is 1.59 bits per heavy atom. The maximum absolute atomic E-state index is 13.0. The number of nitrogens with one attached hydrogen (secondary N) is 1. The van der Waals surface area contributed by atoms with Crippen LogP contribution in [0, 0.1) is 17.8 Å². The Morgan fingerprint density at radius 1 is 0.969 bits per heavy atom. The first-order valence-electron chi connectivity index (χ1n) is 11.6. The van der Waals surface area contributed by atoms with Crippen LogP contribution in [-0.2, 0) is 16.1 Å².